The van der Waals surface area contributed by atoms with Crippen LogP contribution in [0.4, 0.5) is 0 Å². The Hall–Kier alpha value is -1.39. The van der Waals surface area contributed by atoms with Crippen molar-refractivity contribution < 1.29 is 0 Å². The van der Waals surface area contributed by atoms with Gasteiger partial charge in [0, 0.05) is 13.1 Å². The number of imidazole rings is 1. The van der Waals surface area contributed by atoms with Crippen molar-refractivity contribution in [3.8, 4) is 0 Å². The third-order valence-electron chi connectivity index (χ3n) is 3.75. The molecule has 96 valence electrons. The molecule has 2 aromatic rings. The highest BCUT2D eigenvalue weighted by molar-refractivity contribution is 5.75. The average Bonchev–Trinajstić information content (AvgIpc) is 3.03. The van der Waals surface area contributed by atoms with Gasteiger partial charge in [-0.2, -0.15) is 0 Å². The minimum absolute atomic E-state index is 0.509. The summed E-state index contributed by atoms with van der Waals surface area (Å²) in [4.78, 5) is 7.12. The van der Waals surface area contributed by atoms with Gasteiger partial charge in [-0.25, -0.2) is 4.98 Å². The molecule has 1 aromatic carbocycles. The predicted octanol–water partition coefficient (Wildman–Crippen LogP) is 1.59. The fraction of sp³-hybridized carbons (Fsp3) is 0.500. The van der Waals surface area contributed by atoms with Gasteiger partial charge in [-0.15, -0.1) is 0 Å². The number of hydrogen-bond acceptors (Lipinski definition) is 3. The van der Waals surface area contributed by atoms with E-state index in [9.17, 15) is 0 Å². The number of hydrogen-bond donors (Lipinski definition) is 1. The van der Waals surface area contributed by atoms with E-state index in [0.717, 1.165) is 24.4 Å². The van der Waals surface area contributed by atoms with Crippen LogP contribution in [0.1, 0.15) is 18.7 Å². The lowest BCUT2D eigenvalue weighted by Gasteiger charge is -2.16. The zero-order valence-electron chi connectivity index (χ0n) is 10.7. The van der Waals surface area contributed by atoms with E-state index in [2.05, 4.69) is 32.7 Å². The molecule has 0 saturated carbocycles. The SMILES string of the molecule is NCc1nc2ccccc2n1CCN1CCCC1. The molecule has 4 heteroatoms. The molecular formula is C14H20N4. The molecule has 1 aliphatic heterocycles. The monoisotopic (exact) mass is 244 g/mol. The van der Waals surface area contributed by atoms with Crippen molar-refractivity contribution in [3.63, 3.8) is 0 Å². The number of fused-ring (bicyclic) bond motifs is 1. The van der Waals surface area contributed by atoms with Gasteiger partial charge in [0.15, 0.2) is 0 Å². The number of para-hydroxylation sites is 2. The van der Waals surface area contributed by atoms with E-state index < -0.39 is 0 Å². The van der Waals surface area contributed by atoms with E-state index in [-0.39, 0.29) is 0 Å². The first-order chi connectivity index (χ1) is 8.88. The van der Waals surface area contributed by atoms with Crippen LogP contribution in [0.25, 0.3) is 11.0 Å². The Labute approximate surface area is 107 Å². The van der Waals surface area contributed by atoms with E-state index in [1.54, 1.807) is 0 Å². The summed E-state index contributed by atoms with van der Waals surface area (Å²) in [7, 11) is 0. The zero-order chi connectivity index (χ0) is 12.4. The maximum absolute atomic E-state index is 5.80. The Balaban J connectivity index is 1.84. The summed E-state index contributed by atoms with van der Waals surface area (Å²) in [5, 5.41) is 0. The summed E-state index contributed by atoms with van der Waals surface area (Å²) in [6.07, 6.45) is 2.68. The highest BCUT2D eigenvalue weighted by atomic mass is 15.2. The maximum Gasteiger partial charge on any atom is 0.123 e. The summed E-state index contributed by atoms with van der Waals surface area (Å²) in [5.41, 5.74) is 8.06. The lowest BCUT2D eigenvalue weighted by atomic mass is 10.3. The third kappa shape index (κ3) is 2.13. The van der Waals surface area contributed by atoms with Crippen LogP contribution >= 0.6 is 0 Å². The highest BCUT2D eigenvalue weighted by Gasteiger charge is 2.13. The van der Waals surface area contributed by atoms with Gasteiger partial charge in [0.25, 0.3) is 0 Å². The summed E-state index contributed by atoms with van der Waals surface area (Å²) in [6, 6.07) is 8.28. The highest BCUT2D eigenvalue weighted by Crippen LogP contribution is 2.16. The van der Waals surface area contributed by atoms with Crippen LogP contribution in [-0.4, -0.2) is 34.1 Å². The van der Waals surface area contributed by atoms with Crippen molar-refractivity contribution in [3.05, 3.63) is 30.1 Å². The van der Waals surface area contributed by atoms with E-state index in [1.165, 1.54) is 31.4 Å². The summed E-state index contributed by atoms with van der Waals surface area (Å²) < 4.78 is 2.27. The van der Waals surface area contributed by atoms with Crippen LogP contribution in [0.2, 0.25) is 0 Å². The molecule has 4 nitrogen and oxygen atoms in total. The van der Waals surface area contributed by atoms with Crippen molar-refractivity contribution in [1.29, 1.82) is 0 Å². The van der Waals surface area contributed by atoms with Gasteiger partial charge in [0.1, 0.15) is 5.82 Å². The van der Waals surface area contributed by atoms with Gasteiger partial charge < -0.3 is 15.2 Å². The lowest BCUT2D eigenvalue weighted by Crippen LogP contribution is -2.25. The first-order valence-corrected chi connectivity index (χ1v) is 6.75. The predicted molar refractivity (Wildman–Crippen MR) is 73.3 cm³/mol. The van der Waals surface area contributed by atoms with Crippen LogP contribution < -0.4 is 5.73 Å². The molecule has 3 rings (SSSR count). The Morgan fingerprint density at radius 1 is 1.11 bits per heavy atom. The smallest absolute Gasteiger partial charge is 0.123 e. The maximum atomic E-state index is 5.80. The molecule has 0 aliphatic carbocycles. The minimum atomic E-state index is 0.509. The molecule has 0 amide bonds. The lowest BCUT2D eigenvalue weighted by molar-refractivity contribution is 0.322. The summed E-state index contributed by atoms with van der Waals surface area (Å²) in [6.45, 7) is 5.09. The van der Waals surface area contributed by atoms with Crippen LogP contribution in [0.15, 0.2) is 24.3 Å². The van der Waals surface area contributed by atoms with Gasteiger partial charge in [0.05, 0.1) is 17.6 Å². The average molecular weight is 244 g/mol. The van der Waals surface area contributed by atoms with Gasteiger partial charge in [-0.05, 0) is 38.1 Å². The number of benzene rings is 1. The normalized spacial score (nSPS) is 16.7. The van der Waals surface area contributed by atoms with E-state index in [1.807, 2.05) is 6.07 Å². The number of nitrogens with two attached hydrogens (primary N) is 1. The third-order valence-corrected chi connectivity index (χ3v) is 3.75. The molecule has 1 aliphatic rings. The second-order valence-corrected chi connectivity index (χ2v) is 4.92. The molecule has 1 aromatic heterocycles. The Morgan fingerprint density at radius 3 is 2.67 bits per heavy atom. The van der Waals surface area contributed by atoms with E-state index >= 15 is 0 Å². The number of likely N-dealkylation sites (tertiary alicyclic amines) is 1. The molecule has 0 atom stereocenters. The van der Waals surface area contributed by atoms with Crippen LogP contribution in [-0.2, 0) is 13.1 Å². The quantitative estimate of drug-likeness (QED) is 0.888. The number of nitrogens with zero attached hydrogens (tertiary/aromatic N) is 3. The van der Waals surface area contributed by atoms with Crippen LogP contribution in [0.5, 0.6) is 0 Å². The molecular weight excluding hydrogens is 224 g/mol. The van der Waals surface area contributed by atoms with Crippen molar-refractivity contribution >= 4 is 11.0 Å². The molecule has 0 unspecified atom stereocenters. The molecule has 2 N–H and O–H groups in total. The van der Waals surface area contributed by atoms with Crippen molar-refractivity contribution in [2.45, 2.75) is 25.9 Å². The summed E-state index contributed by atoms with van der Waals surface area (Å²) in [5.74, 6) is 0.996. The van der Waals surface area contributed by atoms with Crippen molar-refractivity contribution in [2.24, 2.45) is 5.73 Å². The molecule has 0 spiro atoms. The Morgan fingerprint density at radius 2 is 1.89 bits per heavy atom. The van der Waals surface area contributed by atoms with Gasteiger partial charge in [-0.3, -0.25) is 0 Å². The van der Waals surface area contributed by atoms with Crippen LogP contribution in [0, 0.1) is 0 Å². The largest absolute Gasteiger partial charge is 0.326 e. The number of aromatic nitrogens is 2. The molecule has 1 fully saturated rings. The second-order valence-electron chi connectivity index (χ2n) is 4.92. The fourth-order valence-corrected chi connectivity index (χ4v) is 2.78. The van der Waals surface area contributed by atoms with Gasteiger partial charge >= 0.3 is 0 Å². The van der Waals surface area contributed by atoms with Gasteiger partial charge in [0.2, 0.25) is 0 Å². The van der Waals surface area contributed by atoms with Gasteiger partial charge in [-0.1, -0.05) is 12.1 Å². The molecule has 1 saturated heterocycles. The second kappa shape index (κ2) is 5.08. The molecule has 18 heavy (non-hydrogen) atoms. The van der Waals surface area contributed by atoms with Crippen molar-refractivity contribution in [2.75, 3.05) is 19.6 Å². The van der Waals surface area contributed by atoms with Crippen molar-refractivity contribution in [1.82, 2.24) is 14.5 Å². The van der Waals surface area contributed by atoms with E-state index in [4.69, 9.17) is 5.73 Å². The Bertz CT molecular complexity index is 526. The first-order valence-electron chi connectivity index (χ1n) is 6.75. The molecule has 0 bridgehead atoms. The standard InChI is InChI=1S/C14H20N4/c15-11-14-16-12-5-1-2-6-13(12)18(14)10-9-17-7-3-4-8-17/h1-2,5-6H,3-4,7-11,15H2. The minimum Gasteiger partial charge on any atom is -0.326 e. The molecule has 0 radical (unpaired) electrons. The topological polar surface area (TPSA) is 47.1 Å². The van der Waals surface area contributed by atoms with E-state index in [0.29, 0.717) is 6.54 Å². The molecule has 2 heterocycles. The fourth-order valence-electron chi connectivity index (χ4n) is 2.78. The summed E-state index contributed by atoms with van der Waals surface area (Å²) >= 11 is 0. The Kier molecular flexibility index (Phi) is 3.30. The first kappa shape index (κ1) is 11.7. The zero-order valence-corrected chi connectivity index (χ0v) is 10.7. The van der Waals surface area contributed by atoms with Crippen LogP contribution in [0.3, 0.4) is 0 Å². The number of rotatable bonds is 4.